The van der Waals surface area contributed by atoms with Crippen molar-refractivity contribution in [3.63, 3.8) is 0 Å². The maximum Gasteiger partial charge on any atom is 0.240 e. The second kappa shape index (κ2) is 13.7. The standard InChI is InChI=1S/C36H39FN4O5/c1-3-24-18-28(41-35(43)36(13-14-36)34(42)40-27-8-5-26(37)6-9-27)7-4-25(24)22-46-31-12-17-39-30-20-33(32(44-2)19-29(30)31)45-21-23-10-15-38-16-11-23/h4-9,12,17-20,23,38H,3,10-11,13-16,21-22H2,1-2H3,(H,40,42)(H,41,43). The fourth-order valence-electron chi connectivity index (χ4n) is 5.83. The molecule has 2 heterocycles. The second-order valence-electron chi connectivity index (χ2n) is 12.0. The molecule has 0 atom stereocenters. The fourth-order valence-corrected chi connectivity index (χ4v) is 5.83. The van der Waals surface area contributed by atoms with Crippen LogP contribution in [0.2, 0.25) is 0 Å². The Hall–Kier alpha value is -4.70. The minimum Gasteiger partial charge on any atom is -0.493 e. The number of aromatic nitrogens is 1. The molecule has 1 saturated carbocycles. The van der Waals surface area contributed by atoms with Crippen LogP contribution in [0.15, 0.2) is 66.9 Å². The lowest BCUT2D eigenvalue weighted by Crippen LogP contribution is -2.35. The Labute approximate surface area is 267 Å². The molecule has 0 bridgehead atoms. The van der Waals surface area contributed by atoms with Gasteiger partial charge in [-0.05, 0) is 111 Å². The smallest absolute Gasteiger partial charge is 0.240 e. The highest BCUT2D eigenvalue weighted by atomic mass is 19.1. The van der Waals surface area contributed by atoms with Gasteiger partial charge in [-0.3, -0.25) is 14.6 Å². The minimum atomic E-state index is -1.13. The first-order chi connectivity index (χ1) is 22.4. The summed E-state index contributed by atoms with van der Waals surface area (Å²) >= 11 is 0. The van der Waals surface area contributed by atoms with Crippen LogP contribution in [-0.4, -0.2) is 43.6 Å². The SMILES string of the molecule is CCc1cc(NC(=O)C2(C(=O)Nc3ccc(F)cc3)CC2)ccc1COc1ccnc2cc(OCC3CCNCC3)c(OC)cc12. The van der Waals surface area contributed by atoms with Gasteiger partial charge in [0.2, 0.25) is 11.8 Å². The first kappa shape index (κ1) is 31.3. The molecule has 1 saturated heterocycles. The van der Waals surface area contributed by atoms with Crippen molar-refractivity contribution in [3.05, 3.63) is 83.8 Å². The molecule has 2 amide bonds. The van der Waals surface area contributed by atoms with Crippen molar-refractivity contribution >= 4 is 34.1 Å². The summed E-state index contributed by atoms with van der Waals surface area (Å²) in [6.07, 6.45) is 5.54. The number of fused-ring (bicyclic) bond motifs is 1. The number of benzene rings is 3. The number of halogens is 1. The number of nitrogens with zero attached hydrogens (tertiary/aromatic N) is 1. The van der Waals surface area contributed by atoms with E-state index in [1.165, 1.54) is 24.3 Å². The Balaban J connectivity index is 1.11. The van der Waals surface area contributed by atoms with Crippen LogP contribution < -0.4 is 30.2 Å². The Morgan fingerprint density at radius 3 is 2.30 bits per heavy atom. The van der Waals surface area contributed by atoms with Crippen molar-refractivity contribution in [1.29, 1.82) is 0 Å². The summed E-state index contributed by atoms with van der Waals surface area (Å²) in [5, 5.41) is 9.88. The van der Waals surface area contributed by atoms with Gasteiger partial charge in [-0.25, -0.2) is 4.39 Å². The van der Waals surface area contributed by atoms with E-state index in [1.807, 2.05) is 43.3 Å². The molecule has 2 aliphatic rings. The average Bonchev–Trinajstić information content (AvgIpc) is 3.90. The van der Waals surface area contributed by atoms with Gasteiger partial charge < -0.3 is 30.2 Å². The monoisotopic (exact) mass is 626 g/mol. The second-order valence-corrected chi connectivity index (χ2v) is 12.0. The number of hydrogen-bond donors (Lipinski definition) is 3. The lowest BCUT2D eigenvalue weighted by atomic mass is 9.99. The molecule has 0 unspecified atom stereocenters. The molecule has 0 spiro atoms. The fraction of sp³-hybridized carbons (Fsp3) is 0.361. The number of methoxy groups -OCH3 is 1. The molecule has 1 aliphatic heterocycles. The van der Waals surface area contributed by atoms with Crippen LogP contribution in [0, 0.1) is 17.2 Å². The van der Waals surface area contributed by atoms with Gasteiger partial charge in [-0.2, -0.15) is 0 Å². The van der Waals surface area contributed by atoms with E-state index in [4.69, 9.17) is 14.2 Å². The predicted octanol–water partition coefficient (Wildman–Crippen LogP) is 6.26. The number of amides is 2. The Bertz CT molecular complexity index is 1720. The Morgan fingerprint density at radius 2 is 1.61 bits per heavy atom. The van der Waals surface area contributed by atoms with E-state index in [-0.39, 0.29) is 11.8 Å². The van der Waals surface area contributed by atoms with Gasteiger partial charge in [0.1, 0.15) is 23.6 Å². The number of pyridine rings is 1. The van der Waals surface area contributed by atoms with E-state index < -0.39 is 11.2 Å². The molecule has 9 nitrogen and oxygen atoms in total. The molecule has 4 aromatic rings. The highest BCUT2D eigenvalue weighted by Gasteiger charge is 2.56. The van der Waals surface area contributed by atoms with Crippen LogP contribution in [0.5, 0.6) is 17.2 Å². The van der Waals surface area contributed by atoms with Crippen LogP contribution in [0.1, 0.15) is 43.7 Å². The molecule has 10 heteroatoms. The van der Waals surface area contributed by atoms with Crippen LogP contribution in [0.25, 0.3) is 10.9 Å². The number of carbonyl (C=O) groups excluding carboxylic acids is 2. The van der Waals surface area contributed by atoms with Gasteiger partial charge in [0.25, 0.3) is 0 Å². The topological polar surface area (TPSA) is 111 Å². The zero-order chi connectivity index (χ0) is 32.1. The molecular weight excluding hydrogens is 587 g/mol. The van der Waals surface area contributed by atoms with Crippen LogP contribution in [-0.2, 0) is 22.6 Å². The van der Waals surface area contributed by atoms with E-state index in [0.29, 0.717) is 60.6 Å². The summed E-state index contributed by atoms with van der Waals surface area (Å²) in [6, 6.07) is 16.8. The molecule has 6 rings (SSSR count). The molecule has 240 valence electrons. The lowest BCUT2D eigenvalue weighted by Gasteiger charge is -2.23. The summed E-state index contributed by atoms with van der Waals surface area (Å²) in [6.45, 7) is 5.03. The van der Waals surface area contributed by atoms with Gasteiger partial charge >= 0.3 is 0 Å². The van der Waals surface area contributed by atoms with Crippen LogP contribution in [0.4, 0.5) is 15.8 Å². The number of nitrogens with one attached hydrogen (secondary N) is 3. The summed E-state index contributed by atoms with van der Waals surface area (Å²) in [5.41, 5.74) is 2.68. The van der Waals surface area contributed by atoms with Gasteiger partial charge in [0.15, 0.2) is 11.5 Å². The van der Waals surface area contributed by atoms with E-state index in [0.717, 1.165) is 54.4 Å². The molecular formula is C36H39FN4O5. The van der Waals surface area contributed by atoms with Crippen molar-refractivity contribution in [2.24, 2.45) is 11.3 Å². The maximum atomic E-state index is 13.2. The molecule has 2 fully saturated rings. The van der Waals surface area contributed by atoms with E-state index >= 15 is 0 Å². The lowest BCUT2D eigenvalue weighted by molar-refractivity contribution is -0.131. The third-order valence-corrected chi connectivity index (χ3v) is 8.87. The third kappa shape index (κ3) is 6.92. The van der Waals surface area contributed by atoms with Crippen molar-refractivity contribution < 1.29 is 28.2 Å². The van der Waals surface area contributed by atoms with Crippen LogP contribution in [0.3, 0.4) is 0 Å². The van der Waals surface area contributed by atoms with Crippen molar-refractivity contribution in [2.75, 3.05) is 37.4 Å². The highest BCUT2D eigenvalue weighted by Crippen LogP contribution is 2.47. The number of hydrogen-bond acceptors (Lipinski definition) is 7. The summed E-state index contributed by atoms with van der Waals surface area (Å²) in [5.74, 6) is 1.36. The van der Waals surface area contributed by atoms with Crippen molar-refractivity contribution in [3.8, 4) is 17.2 Å². The average molecular weight is 627 g/mol. The van der Waals surface area contributed by atoms with Crippen molar-refractivity contribution in [2.45, 2.75) is 45.6 Å². The minimum absolute atomic E-state index is 0.316. The van der Waals surface area contributed by atoms with Gasteiger partial charge in [0, 0.05) is 29.0 Å². The molecule has 46 heavy (non-hydrogen) atoms. The number of rotatable bonds is 12. The third-order valence-electron chi connectivity index (χ3n) is 8.87. The quantitative estimate of drug-likeness (QED) is 0.159. The van der Waals surface area contributed by atoms with Gasteiger partial charge in [-0.15, -0.1) is 0 Å². The Kier molecular flexibility index (Phi) is 9.35. The number of anilines is 2. The predicted molar refractivity (Wildman–Crippen MR) is 175 cm³/mol. The summed E-state index contributed by atoms with van der Waals surface area (Å²) in [4.78, 5) is 30.7. The van der Waals surface area contributed by atoms with E-state index in [1.54, 1.807) is 13.3 Å². The number of ether oxygens (including phenoxy) is 3. The molecule has 3 N–H and O–H groups in total. The number of carbonyl (C=O) groups is 2. The van der Waals surface area contributed by atoms with E-state index in [2.05, 4.69) is 20.9 Å². The largest absolute Gasteiger partial charge is 0.493 e. The van der Waals surface area contributed by atoms with Gasteiger partial charge in [-0.1, -0.05) is 13.0 Å². The normalized spacial score (nSPS) is 15.6. The number of aryl methyl sites for hydroxylation is 1. The molecule has 0 radical (unpaired) electrons. The molecule has 1 aliphatic carbocycles. The highest BCUT2D eigenvalue weighted by molar-refractivity contribution is 6.16. The van der Waals surface area contributed by atoms with Crippen molar-refractivity contribution in [1.82, 2.24) is 10.3 Å². The Morgan fingerprint density at radius 1 is 0.891 bits per heavy atom. The zero-order valence-corrected chi connectivity index (χ0v) is 26.2. The van der Waals surface area contributed by atoms with E-state index in [9.17, 15) is 14.0 Å². The first-order valence-electron chi connectivity index (χ1n) is 15.8. The number of piperidine rings is 1. The zero-order valence-electron chi connectivity index (χ0n) is 26.2. The van der Waals surface area contributed by atoms with Crippen LogP contribution >= 0.6 is 0 Å². The molecule has 1 aromatic heterocycles. The summed E-state index contributed by atoms with van der Waals surface area (Å²) in [7, 11) is 1.63. The maximum absolute atomic E-state index is 13.2. The molecule has 3 aromatic carbocycles. The van der Waals surface area contributed by atoms with Gasteiger partial charge in [0.05, 0.1) is 19.2 Å². The first-order valence-corrected chi connectivity index (χ1v) is 15.8. The summed E-state index contributed by atoms with van der Waals surface area (Å²) < 4.78 is 31.4.